The molecule has 3 rings (SSSR count). The minimum Gasteiger partial charge on any atom is -0.324 e. The van der Waals surface area contributed by atoms with E-state index < -0.39 is 0 Å². The van der Waals surface area contributed by atoms with Crippen molar-refractivity contribution in [1.82, 2.24) is 14.5 Å². The molecule has 0 bridgehead atoms. The Kier molecular flexibility index (Phi) is 3.18. The van der Waals surface area contributed by atoms with E-state index in [9.17, 15) is 0 Å². The average Bonchev–Trinajstić information content (AvgIpc) is 2.83. The SMILES string of the molecule is [N-]=[N+]=Nc1ncc2n1CCN(Cc1ccccc1)C2. The third-order valence-electron chi connectivity index (χ3n) is 3.33. The van der Waals surface area contributed by atoms with Gasteiger partial charge in [-0.2, -0.15) is 0 Å². The Hall–Kier alpha value is -2.30. The van der Waals surface area contributed by atoms with Crippen LogP contribution in [-0.2, 0) is 19.6 Å². The van der Waals surface area contributed by atoms with Crippen molar-refractivity contribution in [3.8, 4) is 0 Å². The summed E-state index contributed by atoms with van der Waals surface area (Å²) in [6.07, 6.45) is 1.79. The Labute approximate surface area is 110 Å². The van der Waals surface area contributed by atoms with Crippen LogP contribution in [0, 0.1) is 0 Å². The summed E-state index contributed by atoms with van der Waals surface area (Å²) in [5.74, 6) is 0.469. The molecule has 96 valence electrons. The van der Waals surface area contributed by atoms with Gasteiger partial charge in [-0.25, -0.2) is 4.98 Å². The molecule has 2 aromatic rings. The van der Waals surface area contributed by atoms with Crippen LogP contribution in [0.2, 0.25) is 0 Å². The Morgan fingerprint density at radius 3 is 2.89 bits per heavy atom. The Morgan fingerprint density at radius 1 is 1.26 bits per heavy atom. The molecule has 0 radical (unpaired) electrons. The number of hydrogen-bond donors (Lipinski definition) is 0. The monoisotopic (exact) mass is 254 g/mol. The molecule has 0 saturated carbocycles. The van der Waals surface area contributed by atoms with E-state index in [2.05, 4.69) is 44.2 Å². The molecular weight excluding hydrogens is 240 g/mol. The zero-order valence-corrected chi connectivity index (χ0v) is 10.5. The van der Waals surface area contributed by atoms with E-state index in [1.165, 1.54) is 5.56 Å². The fourth-order valence-electron chi connectivity index (χ4n) is 2.42. The smallest absolute Gasteiger partial charge is 0.197 e. The second-order valence-corrected chi connectivity index (χ2v) is 4.59. The summed E-state index contributed by atoms with van der Waals surface area (Å²) in [6.45, 7) is 3.52. The quantitative estimate of drug-likeness (QED) is 0.480. The number of azide groups is 1. The maximum atomic E-state index is 8.48. The molecule has 0 N–H and O–H groups in total. The largest absolute Gasteiger partial charge is 0.324 e. The molecule has 0 aliphatic carbocycles. The highest BCUT2D eigenvalue weighted by molar-refractivity contribution is 5.23. The van der Waals surface area contributed by atoms with Crippen LogP contribution in [0.5, 0.6) is 0 Å². The molecule has 6 nitrogen and oxygen atoms in total. The van der Waals surface area contributed by atoms with Gasteiger partial charge in [0.15, 0.2) is 5.95 Å². The van der Waals surface area contributed by atoms with E-state index in [1.54, 1.807) is 6.20 Å². The minimum atomic E-state index is 0.469. The number of fused-ring (bicyclic) bond motifs is 1. The zero-order valence-electron chi connectivity index (χ0n) is 10.5. The standard InChI is InChI=1S/C13H14N6/c14-17-16-13-15-8-12-10-18(6-7-19(12)13)9-11-4-2-1-3-5-11/h1-5,8H,6-7,9-10H2. The van der Waals surface area contributed by atoms with Crippen LogP contribution in [0.3, 0.4) is 0 Å². The van der Waals surface area contributed by atoms with E-state index in [1.807, 2.05) is 10.6 Å². The number of benzene rings is 1. The Bertz CT molecular complexity index is 611. The molecule has 6 heteroatoms. The van der Waals surface area contributed by atoms with Crippen molar-refractivity contribution in [3.05, 3.63) is 58.2 Å². The molecule has 1 aliphatic heterocycles. The molecular formula is C13H14N6. The lowest BCUT2D eigenvalue weighted by Crippen LogP contribution is -2.32. The van der Waals surface area contributed by atoms with Gasteiger partial charge in [0, 0.05) is 37.3 Å². The van der Waals surface area contributed by atoms with E-state index in [0.717, 1.165) is 31.9 Å². The maximum absolute atomic E-state index is 8.48. The summed E-state index contributed by atoms with van der Waals surface area (Å²) in [5.41, 5.74) is 10.9. The van der Waals surface area contributed by atoms with E-state index in [0.29, 0.717) is 5.95 Å². The van der Waals surface area contributed by atoms with Gasteiger partial charge < -0.3 is 4.57 Å². The van der Waals surface area contributed by atoms with Gasteiger partial charge in [0.1, 0.15) is 0 Å². The van der Waals surface area contributed by atoms with Crippen LogP contribution in [-0.4, -0.2) is 21.0 Å². The number of imidazole rings is 1. The number of rotatable bonds is 3. The average molecular weight is 254 g/mol. The van der Waals surface area contributed by atoms with Crippen molar-refractivity contribution in [2.75, 3.05) is 6.54 Å². The molecule has 0 unspecified atom stereocenters. The van der Waals surface area contributed by atoms with Gasteiger partial charge in [-0.3, -0.25) is 4.90 Å². The highest BCUT2D eigenvalue weighted by atomic mass is 15.3. The van der Waals surface area contributed by atoms with Crippen LogP contribution in [0.1, 0.15) is 11.3 Å². The van der Waals surface area contributed by atoms with Gasteiger partial charge in [-0.05, 0) is 16.2 Å². The third-order valence-corrected chi connectivity index (χ3v) is 3.33. The molecule has 0 spiro atoms. The van der Waals surface area contributed by atoms with Crippen molar-refractivity contribution < 1.29 is 0 Å². The van der Waals surface area contributed by atoms with Gasteiger partial charge >= 0.3 is 0 Å². The van der Waals surface area contributed by atoms with E-state index in [-0.39, 0.29) is 0 Å². The Morgan fingerprint density at radius 2 is 2.11 bits per heavy atom. The van der Waals surface area contributed by atoms with Crippen LogP contribution < -0.4 is 0 Å². The van der Waals surface area contributed by atoms with Crippen molar-refractivity contribution in [3.63, 3.8) is 0 Å². The van der Waals surface area contributed by atoms with Crippen LogP contribution in [0.25, 0.3) is 10.4 Å². The Balaban J connectivity index is 1.74. The fourth-order valence-corrected chi connectivity index (χ4v) is 2.42. The lowest BCUT2D eigenvalue weighted by Gasteiger charge is -2.28. The predicted octanol–water partition coefficient (Wildman–Crippen LogP) is 2.84. The summed E-state index contributed by atoms with van der Waals surface area (Å²) in [6, 6.07) is 10.4. The van der Waals surface area contributed by atoms with Crippen molar-refractivity contribution in [1.29, 1.82) is 0 Å². The first kappa shape index (κ1) is 11.8. The van der Waals surface area contributed by atoms with Gasteiger partial charge in [0.25, 0.3) is 0 Å². The van der Waals surface area contributed by atoms with E-state index >= 15 is 0 Å². The normalized spacial score (nSPS) is 14.7. The molecule has 0 fully saturated rings. The topological polar surface area (TPSA) is 69.8 Å². The predicted molar refractivity (Wildman–Crippen MR) is 71.6 cm³/mol. The number of aromatic nitrogens is 2. The molecule has 2 heterocycles. The highest BCUT2D eigenvalue weighted by Crippen LogP contribution is 2.21. The summed E-state index contributed by atoms with van der Waals surface area (Å²) in [4.78, 5) is 9.31. The van der Waals surface area contributed by atoms with Crippen LogP contribution in [0.15, 0.2) is 41.6 Å². The second kappa shape index (κ2) is 5.14. The number of nitrogens with zero attached hydrogens (tertiary/aromatic N) is 6. The molecule has 1 aliphatic rings. The number of hydrogen-bond acceptors (Lipinski definition) is 3. The first-order chi connectivity index (χ1) is 9.36. The van der Waals surface area contributed by atoms with Gasteiger partial charge in [-0.1, -0.05) is 30.3 Å². The first-order valence-corrected chi connectivity index (χ1v) is 6.22. The maximum Gasteiger partial charge on any atom is 0.197 e. The van der Waals surface area contributed by atoms with Crippen LogP contribution >= 0.6 is 0 Å². The van der Waals surface area contributed by atoms with Crippen molar-refractivity contribution in [2.24, 2.45) is 5.11 Å². The highest BCUT2D eigenvalue weighted by Gasteiger charge is 2.18. The fraction of sp³-hybridized carbons (Fsp3) is 0.308. The second-order valence-electron chi connectivity index (χ2n) is 4.59. The van der Waals surface area contributed by atoms with Crippen molar-refractivity contribution in [2.45, 2.75) is 19.6 Å². The van der Waals surface area contributed by atoms with Crippen molar-refractivity contribution >= 4 is 5.95 Å². The zero-order chi connectivity index (χ0) is 13.1. The van der Waals surface area contributed by atoms with Crippen LogP contribution in [0.4, 0.5) is 5.95 Å². The molecule has 0 saturated heterocycles. The summed E-state index contributed by atoms with van der Waals surface area (Å²) >= 11 is 0. The molecule has 0 amide bonds. The summed E-state index contributed by atoms with van der Waals surface area (Å²) < 4.78 is 1.99. The molecule has 0 atom stereocenters. The molecule has 1 aromatic carbocycles. The third kappa shape index (κ3) is 2.45. The van der Waals surface area contributed by atoms with Gasteiger partial charge in [0.2, 0.25) is 0 Å². The van der Waals surface area contributed by atoms with Gasteiger partial charge in [-0.15, -0.1) is 0 Å². The van der Waals surface area contributed by atoms with E-state index in [4.69, 9.17) is 5.53 Å². The minimum absolute atomic E-state index is 0.469. The lowest BCUT2D eigenvalue weighted by molar-refractivity contribution is 0.214. The van der Waals surface area contributed by atoms with Gasteiger partial charge in [0.05, 0.1) is 5.69 Å². The molecule has 1 aromatic heterocycles. The molecule has 19 heavy (non-hydrogen) atoms. The lowest BCUT2D eigenvalue weighted by atomic mass is 10.2. The summed E-state index contributed by atoms with van der Waals surface area (Å²) in [7, 11) is 0. The summed E-state index contributed by atoms with van der Waals surface area (Å²) in [5, 5.41) is 3.60. The first-order valence-electron chi connectivity index (χ1n) is 6.22.